The van der Waals surface area contributed by atoms with E-state index in [9.17, 15) is 9.18 Å². The number of pyridine rings is 1. The molecule has 2 aromatic carbocycles. The minimum Gasteiger partial charge on any atom is -0.487 e. The molecule has 4 aromatic rings. The largest absolute Gasteiger partial charge is 0.487 e. The molecule has 0 saturated heterocycles. The first kappa shape index (κ1) is 28.5. The van der Waals surface area contributed by atoms with Gasteiger partial charge in [-0.05, 0) is 57.5 Å². The van der Waals surface area contributed by atoms with Gasteiger partial charge in [-0.15, -0.1) is 0 Å². The number of hydrogen-bond acceptors (Lipinski definition) is 6. The summed E-state index contributed by atoms with van der Waals surface area (Å²) >= 11 is 6.57. The fourth-order valence-electron chi connectivity index (χ4n) is 4.46. The Morgan fingerprint density at radius 2 is 2.03 bits per heavy atom. The van der Waals surface area contributed by atoms with Gasteiger partial charge >= 0.3 is 0 Å². The van der Waals surface area contributed by atoms with Gasteiger partial charge in [0.25, 0.3) is 0 Å². The van der Waals surface area contributed by atoms with Gasteiger partial charge in [-0.2, -0.15) is 5.10 Å². The Labute approximate surface area is 233 Å². The molecule has 0 saturated carbocycles. The highest BCUT2D eigenvalue weighted by atomic mass is 35.5. The molecule has 0 radical (unpaired) electrons. The second kappa shape index (κ2) is 11.3. The molecule has 1 amide bonds. The predicted molar refractivity (Wildman–Crippen MR) is 152 cm³/mol. The first-order valence-corrected chi connectivity index (χ1v) is 13.0. The number of benzene rings is 2. The second-order valence-electron chi connectivity index (χ2n) is 10.2. The molecule has 39 heavy (non-hydrogen) atoms. The normalized spacial score (nSPS) is 13.1. The van der Waals surface area contributed by atoms with Crippen LogP contribution in [0, 0.1) is 12.7 Å². The van der Waals surface area contributed by atoms with E-state index < -0.39 is 11.3 Å². The third-order valence-electron chi connectivity index (χ3n) is 6.83. The van der Waals surface area contributed by atoms with Gasteiger partial charge in [-0.25, -0.2) is 19.0 Å². The summed E-state index contributed by atoms with van der Waals surface area (Å²) in [4.78, 5) is 23.6. The number of aryl methyl sites for hydroxylation is 2. The highest BCUT2D eigenvalue weighted by molar-refractivity contribution is 6.31. The van der Waals surface area contributed by atoms with Gasteiger partial charge in [-0.3, -0.25) is 4.79 Å². The standard InChI is InChI=1S/C28H32BClFN5O3/c1-16(2)38-14-25(37)35(5)28(4,29)22-11-18(31)12-23(30)21(22)13-39-24-9-7-8-19-20(10-17(3)34-26(19)24)27-32-15-33-36(27)6/h7-12,15-16H,13-14,29H2,1-6H3/t28-/m0/s1. The Hall–Kier alpha value is -3.50. The summed E-state index contributed by atoms with van der Waals surface area (Å²) in [6, 6.07) is 10.3. The Kier molecular flexibility index (Phi) is 8.27. The number of carbonyl (C=O) groups excluding carboxylic acids is 1. The van der Waals surface area contributed by atoms with Crippen molar-refractivity contribution in [1.29, 1.82) is 0 Å². The van der Waals surface area contributed by atoms with Crippen LogP contribution in [0.5, 0.6) is 5.75 Å². The lowest BCUT2D eigenvalue weighted by atomic mass is 9.70. The molecule has 204 valence electrons. The quantitative estimate of drug-likeness (QED) is 0.287. The van der Waals surface area contributed by atoms with E-state index >= 15 is 0 Å². The number of para-hydroxylation sites is 1. The van der Waals surface area contributed by atoms with E-state index in [0.29, 0.717) is 28.2 Å². The van der Waals surface area contributed by atoms with E-state index in [1.54, 1.807) is 16.6 Å². The molecule has 11 heteroatoms. The lowest BCUT2D eigenvalue weighted by Gasteiger charge is -2.38. The van der Waals surface area contributed by atoms with Gasteiger partial charge in [0.2, 0.25) is 5.91 Å². The number of hydrogen-bond donors (Lipinski definition) is 0. The third-order valence-corrected chi connectivity index (χ3v) is 7.16. The zero-order chi connectivity index (χ0) is 28.5. The van der Waals surface area contributed by atoms with Crippen molar-refractivity contribution in [3.05, 3.63) is 70.4 Å². The highest BCUT2D eigenvalue weighted by Crippen LogP contribution is 2.36. The van der Waals surface area contributed by atoms with Gasteiger partial charge in [0, 0.05) is 41.7 Å². The summed E-state index contributed by atoms with van der Waals surface area (Å²) < 4.78 is 28.1. The summed E-state index contributed by atoms with van der Waals surface area (Å²) in [6.07, 6.45) is 1.42. The van der Waals surface area contributed by atoms with Crippen LogP contribution in [-0.2, 0) is 28.6 Å². The monoisotopic (exact) mass is 551 g/mol. The summed E-state index contributed by atoms with van der Waals surface area (Å²) in [5.41, 5.74) is 2.54. The number of halogens is 2. The molecule has 0 aliphatic rings. The van der Waals surface area contributed by atoms with Crippen LogP contribution in [0.1, 0.15) is 37.6 Å². The topological polar surface area (TPSA) is 82.4 Å². The van der Waals surface area contributed by atoms with E-state index in [1.807, 2.05) is 66.9 Å². The maximum Gasteiger partial charge on any atom is 0.248 e. The predicted octanol–water partition coefficient (Wildman–Crippen LogP) is 4.40. The Balaban J connectivity index is 1.71. The molecule has 2 heterocycles. The summed E-state index contributed by atoms with van der Waals surface area (Å²) in [5, 5.41) is 5.26. The van der Waals surface area contributed by atoms with Crippen molar-refractivity contribution < 1.29 is 18.7 Å². The molecule has 2 aromatic heterocycles. The van der Waals surface area contributed by atoms with Crippen molar-refractivity contribution in [1.82, 2.24) is 24.6 Å². The lowest BCUT2D eigenvalue weighted by molar-refractivity contribution is -0.139. The first-order chi connectivity index (χ1) is 18.4. The molecule has 8 nitrogen and oxygen atoms in total. The summed E-state index contributed by atoms with van der Waals surface area (Å²) in [5.74, 6) is 0.522. The Bertz CT molecular complexity index is 1520. The molecule has 0 aliphatic carbocycles. The fourth-order valence-corrected chi connectivity index (χ4v) is 4.73. The molecular weight excluding hydrogens is 520 g/mol. The van der Waals surface area contributed by atoms with Crippen LogP contribution in [0.3, 0.4) is 0 Å². The van der Waals surface area contributed by atoms with Gasteiger partial charge in [0.05, 0.1) is 11.1 Å². The van der Waals surface area contributed by atoms with Gasteiger partial charge < -0.3 is 14.4 Å². The molecule has 0 aliphatic heterocycles. The van der Waals surface area contributed by atoms with Gasteiger partial charge in [0.15, 0.2) is 5.82 Å². The number of fused-ring (bicyclic) bond motifs is 1. The average molecular weight is 552 g/mol. The van der Waals surface area contributed by atoms with Gasteiger partial charge in [0.1, 0.15) is 44.5 Å². The molecule has 0 fully saturated rings. The van der Waals surface area contributed by atoms with E-state index in [2.05, 4.69) is 10.1 Å². The third kappa shape index (κ3) is 5.92. The molecular formula is C28H32BClFN5O3. The molecule has 0 bridgehead atoms. The second-order valence-corrected chi connectivity index (χ2v) is 10.7. The summed E-state index contributed by atoms with van der Waals surface area (Å²) in [6.45, 7) is 7.42. The Morgan fingerprint density at radius 1 is 1.28 bits per heavy atom. The maximum atomic E-state index is 14.6. The molecule has 0 unspecified atom stereocenters. The van der Waals surface area contributed by atoms with E-state index in [-0.39, 0.29) is 30.2 Å². The van der Waals surface area contributed by atoms with Crippen LogP contribution < -0.4 is 4.74 Å². The minimum absolute atomic E-state index is 0.0381. The number of rotatable bonds is 9. The fraction of sp³-hybridized carbons (Fsp3) is 0.357. The number of carbonyl (C=O) groups is 1. The number of amides is 1. The zero-order valence-electron chi connectivity index (χ0n) is 23.2. The van der Waals surface area contributed by atoms with Crippen LogP contribution in [0.2, 0.25) is 5.02 Å². The van der Waals surface area contributed by atoms with Crippen molar-refractivity contribution in [2.75, 3.05) is 13.7 Å². The number of aromatic nitrogens is 4. The highest BCUT2D eigenvalue weighted by Gasteiger charge is 2.33. The Morgan fingerprint density at radius 3 is 2.69 bits per heavy atom. The van der Waals surface area contributed by atoms with Crippen molar-refractivity contribution in [2.45, 2.75) is 45.8 Å². The number of likely N-dealkylation sites (N-methyl/N-ethyl adjacent to an activating group) is 1. The number of nitrogens with zero attached hydrogens (tertiary/aromatic N) is 5. The van der Waals surface area contributed by atoms with Crippen LogP contribution in [0.25, 0.3) is 22.3 Å². The van der Waals surface area contributed by atoms with Crippen LogP contribution in [0.4, 0.5) is 4.39 Å². The van der Waals surface area contributed by atoms with E-state index in [4.69, 9.17) is 26.1 Å². The van der Waals surface area contributed by atoms with E-state index in [1.165, 1.54) is 18.5 Å². The van der Waals surface area contributed by atoms with Crippen LogP contribution in [0.15, 0.2) is 42.7 Å². The maximum absolute atomic E-state index is 14.6. The zero-order valence-corrected chi connectivity index (χ0v) is 24.0. The molecule has 1 atom stereocenters. The van der Waals surface area contributed by atoms with E-state index in [0.717, 1.165) is 16.6 Å². The minimum atomic E-state index is -0.909. The van der Waals surface area contributed by atoms with Gasteiger partial charge in [-0.1, -0.05) is 23.7 Å². The number of ether oxygens (including phenoxy) is 2. The van der Waals surface area contributed by atoms with Crippen molar-refractivity contribution in [2.24, 2.45) is 7.05 Å². The van der Waals surface area contributed by atoms with Crippen molar-refractivity contribution >= 4 is 36.3 Å². The van der Waals surface area contributed by atoms with Crippen molar-refractivity contribution in [3.63, 3.8) is 0 Å². The molecule has 0 N–H and O–H groups in total. The lowest BCUT2D eigenvalue weighted by Crippen LogP contribution is -2.47. The van der Waals surface area contributed by atoms with Crippen molar-refractivity contribution in [3.8, 4) is 17.1 Å². The average Bonchev–Trinajstić information content (AvgIpc) is 3.30. The smallest absolute Gasteiger partial charge is 0.248 e. The van der Waals surface area contributed by atoms with Crippen LogP contribution >= 0.6 is 11.6 Å². The first-order valence-electron chi connectivity index (χ1n) is 12.6. The molecule has 0 spiro atoms. The SMILES string of the molecule is B[C@](C)(c1cc(F)cc(Cl)c1COc1cccc2c(-c3ncnn3C)cc(C)nc12)N(C)C(=O)COC(C)C. The van der Waals surface area contributed by atoms with Crippen LogP contribution in [-0.4, -0.2) is 58.2 Å². The molecule has 4 rings (SSSR count). The summed E-state index contributed by atoms with van der Waals surface area (Å²) in [7, 11) is 5.34.